The Morgan fingerprint density at radius 2 is 1.84 bits per heavy atom. The molecule has 0 amide bonds. The predicted molar refractivity (Wildman–Crippen MR) is 67.8 cm³/mol. The Morgan fingerprint density at radius 3 is 2.53 bits per heavy atom. The Balaban J connectivity index is 2.40. The summed E-state index contributed by atoms with van der Waals surface area (Å²) in [6, 6.07) is 9.53. The molecule has 1 aromatic carbocycles. The molecule has 1 atom stereocenters. The van der Waals surface area contributed by atoms with Crippen LogP contribution in [0, 0.1) is 5.82 Å². The van der Waals surface area contributed by atoms with Crippen LogP contribution in [0.3, 0.4) is 0 Å². The van der Waals surface area contributed by atoms with Crippen molar-refractivity contribution in [1.82, 2.24) is 4.98 Å². The standard InChI is InChI=1S/C14H14FNO3/c1-18-11-7-3-5-9(13(11)15)14(17)10-6-4-8-12(16-10)19-2/h3-8,14,17H,1-2H3. The number of hydrogen-bond donors (Lipinski definition) is 1. The summed E-state index contributed by atoms with van der Waals surface area (Å²) in [4.78, 5) is 4.08. The molecule has 1 N–H and O–H groups in total. The van der Waals surface area contributed by atoms with Crippen molar-refractivity contribution < 1.29 is 19.0 Å². The van der Waals surface area contributed by atoms with E-state index in [1.807, 2.05) is 0 Å². The zero-order chi connectivity index (χ0) is 13.8. The third kappa shape index (κ3) is 2.66. The van der Waals surface area contributed by atoms with Gasteiger partial charge in [0.15, 0.2) is 11.6 Å². The van der Waals surface area contributed by atoms with E-state index in [0.717, 1.165) is 0 Å². The van der Waals surface area contributed by atoms with Gasteiger partial charge in [-0.25, -0.2) is 9.37 Å². The quantitative estimate of drug-likeness (QED) is 0.919. The maximum Gasteiger partial charge on any atom is 0.213 e. The van der Waals surface area contributed by atoms with E-state index in [1.165, 1.54) is 26.4 Å². The van der Waals surface area contributed by atoms with Crippen LogP contribution in [0.2, 0.25) is 0 Å². The van der Waals surface area contributed by atoms with E-state index in [4.69, 9.17) is 9.47 Å². The van der Waals surface area contributed by atoms with Gasteiger partial charge in [0.25, 0.3) is 0 Å². The third-order valence-electron chi connectivity index (χ3n) is 2.74. The van der Waals surface area contributed by atoms with Crippen molar-refractivity contribution in [3.05, 3.63) is 53.5 Å². The van der Waals surface area contributed by atoms with Gasteiger partial charge in [0.05, 0.1) is 19.9 Å². The zero-order valence-corrected chi connectivity index (χ0v) is 10.6. The predicted octanol–water partition coefficient (Wildman–Crippen LogP) is 2.32. The maximum atomic E-state index is 14.0. The Bertz CT molecular complexity index is 574. The summed E-state index contributed by atoms with van der Waals surface area (Å²) in [5.41, 5.74) is 0.423. The summed E-state index contributed by atoms with van der Waals surface area (Å²) in [6.45, 7) is 0. The molecule has 2 rings (SSSR count). The van der Waals surface area contributed by atoms with Crippen LogP contribution < -0.4 is 9.47 Å². The molecule has 4 nitrogen and oxygen atoms in total. The maximum absolute atomic E-state index is 14.0. The number of aliphatic hydroxyl groups excluding tert-OH is 1. The Morgan fingerprint density at radius 1 is 1.11 bits per heavy atom. The van der Waals surface area contributed by atoms with Crippen LogP contribution in [-0.2, 0) is 0 Å². The van der Waals surface area contributed by atoms with Crippen LogP contribution in [0.25, 0.3) is 0 Å². The van der Waals surface area contributed by atoms with E-state index in [-0.39, 0.29) is 11.3 Å². The third-order valence-corrected chi connectivity index (χ3v) is 2.74. The van der Waals surface area contributed by atoms with Crippen LogP contribution in [0.1, 0.15) is 17.4 Å². The summed E-state index contributed by atoms with van der Waals surface area (Å²) in [7, 11) is 2.85. The molecule has 100 valence electrons. The average Bonchev–Trinajstić information content (AvgIpc) is 2.47. The minimum absolute atomic E-state index is 0.0828. The molecule has 1 aromatic heterocycles. The van der Waals surface area contributed by atoms with Crippen molar-refractivity contribution in [3.8, 4) is 11.6 Å². The minimum atomic E-state index is -1.18. The number of methoxy groups -OCH3 is 2. The van der Waals surface area contributed by atoms with Gasteiger partial charge in [-0.1, -0.05) is 18.2 Å². The Hall–Kier alpha value is -2.14. The molecule has 0 fully saturated rings. The van der Waals surface area contributed by atoms with E-state index >= 15 is 0 Å². The fourth-order valence-corrected chi connectivity index (χ4v) is 1.75. The first-order valence-corrected chi connectivity index (χ1v) is 5.68. The molecule has 0 aliphatic carbocycles. The molecule has 0 saturated heterocycles. The second-order valence-corrected chi connectivity index (χ2v) is 3.87. The number of halogens is 1. The molecule has 0 aliphatic heterocycles. The second kappa shape index (κ2) is 5.67. The normalized spacial score (nSPS) is 12.0. The van der Waals surface area contributed by atoms with Gasteiger partial charge in [0.1, 0.15) is 6.10 Å². The topological polar surface area (TPSA) is 51.6 Å². The smallest absolute Gasteiger partial charge is 0.213 e. The Labute approximate surface area is 110 Å². The molecule has 2 aromatic rings. The molecular weight excluding hydrogens is 249 g/mol. The van der Waals surface area contributed by atoms with E-state index in [2.05, 4.69) is 4.98 Å². The van der Waals surface area contributed by atoms with Gasteiger partial charge in [0.2, 0.25) is 5.88 Å². The first-order chi connectivity index (χ1) is 9.17. The van der Waals surface area contributed by atoms with E-state index < -0.39 is 11.9 Å². The van der Waals surface area contributed by atoms with Crippen molar-refractivity contribution in [2.45, 2.75) is 6.10 Å². The number of rotatable bonds is 4. The van der Waals surface area contributed by atoms with Crippen LogP contribution >= 0.6 is 0 Å². The molecule has 0 saturated carbocycles. The number of ether oxygens (including phenoxy) is 2. The van der Waals surface area contributed by atoms with Crippen molar-refractivity contribution in [2.75, 3.05) is 14.2 Å². The van der Waals surface area contributed by atoms with Gasteiger partial charge in [-0.15, -0.1) is 0 Å². The van der Waals surface area contributed by atoms with Gasteiger partial charge >= 0.3 is 0 Å². The van der Waals surface area contributed by atoms with Crippen LogP contribution in [0.4, 0.5) is 4.39 Å². The lowest BCUT2D eigenvalue weighted by molar-refractivity contribution is 0.207. The number of nitrogens with zero attached hydrogens (tertiary/aromatic N) is 1. The summed E-state index contributed by atoms with van der Waals surface area (Å²) in [5, 5.41) is 10.2. The fraction of sp³-hybridized carbons (Fsp3) is 0.214. The molecule has 1 heterocycles. The largest absolute Gasteiger partial charge is 0.494 e. The first kappa shape index (κ1) is 13.3. The highest BCUT2D eigenvalue weighted by Crippen LogP contribution is 2.28. The molecule has 0 radical (unpaired) electrons. The highest BCUT2D eigenvalue weighted by Gasteiger charge is 2.19. The monoisotopic (exact) mass is 263 g/mol. The minimum Gasteiger partial charge on any atom is -0.494 e. The van der Waals surface area contributed by atoms with Gasteiger partial charge in [-0.05, 0) is 12.1 Å². The SMILES string of the molecule is COc1cccc(C(O)c2cccc(OC)c2F)n1. The lowest BCUT2D eigenvalue weighted by atomic mass is 10.0. The molecule has 0 spiro atoms. The van der Waals surface area contributed by atoms with E-state index in [1.54, 1.807) is 24.3 Å². The van der Waals surface area contributed by atoms with Gasteiger partial charge in [0, 0.05) is 11.6 Å². The molecule has 0 bridgehead atoms. The lowest BCUT2D eigenvalue weighted by Crippen LogP contribution is -2.06. The Kier molecular flexibility index (Phi) is 3.97. The lowest BCUT2D eigenvalue weighted by Gasteiger charge is -2.13. The number of aliphatic hydroxyl groups is 1. The highest BCUT2D eigenvalue weighted by molar-refractivity contribution is 5.36. The molecule has 19 heavy (non-hydrogen) atoms. The van der Waals surface area contributed by atoms with E-state index in [9.17, 15) is 9.50 Å². The average molecular weight is 263 g/mol. The number of aromatic nitrogens is 1. The molecule has 0 aliphatic rings. The highest BCUT2D eigenvalue weighted by atomic mass is 19.1. The van der Waals surface area contributed by atoms with Crippen molar-refractivity contribution >= 4 is 0 Å². The summed E-state index contributed by atoms with van der Waals surface area (Å²) < 4.78 is 23.9. The molecule has 5 heteroatoms. The van der Waals surface area contributed by atoms with Gasteiger partial charge < -0.3 is 14.6 Å². The van der Waals surface area contributed by atoms with E-state index in [0.29, 0.717) is 11.6 Å². The van der Waals surface area contributed by atoms with Crippen LogP contribution in [0.15, 0.2) is 36.4 Å². The van der Waals surface area contributed by atoms with Gasteiger partial charge in [-0.3, -0.25) is 0 Å². The molecular formula is C14H14FNO3. The van der Waals surface area contributed by atoms with Gasteiger partial charge in [-0.2, -0.15) is 0 Å². The summed E-state index contributed by atoms with van der Waals surface area (Å²) >= 11 is 0. The molecule has 1 unspecified atom stereocenters. The van der Waals surface area contributed by atoms with Crippen LogP contribution in [0.5, 0.6) is 11.6 Å². The van der Waals surface area contributed by atoms with Crippen molar-refractivity contribution in [3.63, 3.8) is 0 Å². The zero-order valence-electron chi connectivity index (χ0n) is 10.6. The summed E-state index contributed by atoms with van der Waals surface area (Å²) in [5.74, 6) is -0.151. The van der Waals surface area contributed by atoms with Crippen molar-refractivity contribution in [1.29, 1.82) is 0 Å². The first-order valence-electron chi connectivity index (χ1n) is 5.68. The summed E-state index contributed by atoms with van der Waals surface area (Å²) in [6.07, 6.45) is -1.18. The second-order valence-electron chi connectivity index (χ2n) is 3.87. The fourth-order valence-electron chi connectivity index (χ4n) is 1.75. The van der Waals surface area contributed by atoms with Crippen LogP contribution in [-0.4, -0.2) is 24.3 Å². The van der Waals surface area contributed by atoms with Crippen molar-refractivity contribution in [2.24, 2.45) is 0 Å². The number of hydrogen-bond acceptors (Lipinski definition) is 4. The number of pyridine rings is 1. The number of benzene rings is 1.